The molecule has 1 saturated carbocycles. The van der Waals surface area contributed by atoms with Crippen LogP contribution >= 0.6 is 0 Å². The number of aliphatic hydroxyl groups is 1. The molecular weight excluding hydrogens is 236 g/mol. The van der Waals surface area contributed by atoms with Gasteiger partial charge in [0.25, 0.3) is 0 Å². The molecule has 0 bridgehead atoms. The van der Waals surface area contributed by atoms with Crippen LogP contribution in [0.5, 0.6) is 0 Å². The minimum Gasteiger partial charge on any atom is -0.396 e. The standard InChI is InChI=1S/C16H20N2O/c19-11-15-2-1-3-16(15)18-9-12-4-5-14-10-17-7-6-13(14)8-12/h4-8,10,15-16,18-19H,1-3,9,11H2. The summed E-state index contributed by atoms with van der Waals surface area (Å²) in [5.74, 6) is 0.435. The number of benzene rings is 1. The molecule has 100 valence electrons. The predicted molar refractivity (Wildman–Crippen MR) is 76.8 cm³/mol. The van der Waals surface area contributed by atoms with Gasteiger partial charge in [0.1, 0.15) is 0 Å². The van der Waals surface area contributed by atoms with Gasteiger partial charge >= 0.3 is 0 Å². The highest BCUT2D eigenvalue weighted by Crippen LogP contribution is 2.25. The van der Waals surface area contributed by atoms with Crippen LogP contribution in [-0.4, -0.2) is 22.7 Å². The third-order valence-corrected chi connectivity index (χ3v) is 4.17. The number of nitrogens with one attached hydrogen (secondary N) is 1. The van der Waals surface area contributed by atoms with E-state index in [9.17, 15) is 5.11 Å². The zero-order valence-electron chi connectivity index (χ0n) is 11.0. The first-order chi connectivity index (χ1) is 9.36. The molecule has 2 aromatic rings. The van der Waals surface area contributed by atoms with Gasteiger partial charge in [0.15, 0.2) is 0 Å². The number of rotatable bonds is 4. The fourth-order valence-electron chi connectivity index (χ4n) is 3.02. The number of nitrogens with zero attached hydrogens (tertiary/aromatic N) is 1. The minimum atomic E-state index is 0.307. The van der Waals surface area contributed by atoms with E-state index < -0.39 is 0 Å². The van der Waals surface area contributed by atoms with Gasteiger partial charge in [-0.05, 0) is 41.8 Å². The van der Waals surface area contributed by atoms with Gasteiger partial charge in [0.05, 0.1) is 0 Å². The maximum Gasteiger partial charge on any atom is 0.0474 e. The lowest BCUT2D eigenvalue weighted by molar-refractivity contribution is 0.205. The van der Waals surface area contributed by atoms with E-state index in [1.54, 1.807) is 0 Å². The Hall–Kier alpha value is -1.45. The van der Waals surface area contributed by atoms with Crippen molar-refractivity contribution in [3.63, 3.8) is 0 Å². The summed E-state index contributed by atoms with van der Waals surface area (Å²) in [6, 6.07) is 9.01. The molecule has 0 aliphatic heterocycles. The van der Waals surface area contributed by atoms with Crippen molar-refractivity contribution in [3.05, 3.63) is 42.2 Å². The Morgan fingerprint density at radius 2 is 2.16 bits per heavy atom. The zero-order valence-corrected chi connectivity index (χ0v) is 11.0. The predicted octanol–water partition coefficient (Wildman–Crippen LogP) is 2.49. The Labute approximate surface area is 113 Å². The summed E-state index contributed by atoms with van der Waals surface area (Å²) in [6.45, 7) is 1.18. The van der Waals surface area contributed by atoms with Crippen LogP contribution in [0.15, 0.2) is 36.7 Å². The molecule has 0 amide bonds. The monoisotopic (exact) mass is 256 g/mol. The van der Waals surface area contributed by atoms with Crippen LogP contribution in [0.2, 0.25) is 0 Å². The second-order valence-corrected chi connectivity index (χ2v) is 5.42. The molecule has 19 heavy (non-hydrogen) atoms. The average Bonchev–Trinajstić information content (AvgIpc) is 2.92. The molecule has 2 unspecified atom stereocenters. The van der Waals surface area contributed by atoms with Gasteiger partial charge in [-0.1, -0.05) is 18.6 Å². The number of fused-ring (bicyclic) bond motifs is 1. The van der Waals surface area contributed by atoms with Gasteiger partial charge in [-0.15, -0.1) is 0 Å². The van der Waals surface area contributed by atoms with Gasteiger partial charge < -0.3 is 10.4 Å². The van der Waals surface area contributed by atoms with Crippen molar-refractivity contribution >= 4 is 10.8 Å². The highest BCUT2D eigenvalue weighted by Gasteiger charge is 2.25. The summed E-state index contributed by atoms with van der Waals surface area (Å²) < 4.78 is 0. The summed E-state index contributed by atoms with van der Waals surface area (Å²) in [7, 11) is 0. The van der Waals surface area contributed by atoms with Crippen molar-refractivity contribution in [1.82, 2.24) is 10.3 Å². The third kappa shape index (κ3) is 2.77. The summed E-state index contributed by atoms with van der Waals surface area (Å²) in [4.78, 5) is 4.13. The third-order valence-electron chi connectivity index (χ3n) is 4.17. The highest BCUT2D eigenvalue weighted by atomic mass is 16.3. The van der Waals surface area contributed by atoms with E-state index in [0.717, 1.165) is 13.0 Å². The van der Waals surface area contributed by atoms with Crippen LogP contribution in [0.1, 0.15) is 24.8 Å². The van der Waals surface area contributed by atoms with Crippen molar-refractivity contribution in [2.45, 2.75) is 31.8 Å². The summed E-state index contributed by atoms with van der Waals surface area (Å²) >= 11 is 0. The minimum absolute atomic E-state index is 0.307. The van der Waals surface area contributed by atoms with E-state index in [1.807, 2.05) is 18.5 Å². The molecule has 3 rings (SSSR count). The first-order valence-corrected chi connectivity index (χ1v) is 7.04. The largest absolute Gasteiger partial charge is 0.396 e. The Bertz CT molecular complexity index is 555. The number of hydrogen-bond acceptors (Lipinski definition) is 3. The lowest BCUT2D eigenvalue weighted by atomic mass is 10.0. The van der Waals surface area contributed by atoms with Crippen molar-refractivity contribution in [1.29, 1.82) is 0 Å². The quantitative estimate of drug-likeness (QED) is 0.883. The Morgan fingerprint density at radius 1 is 1.21 bits per heavy atom. The molecule has 3 heteroatoms. The molecule has 1 aromatic carbocycles. The number of aliphatic hydroxyl groups excluding tert-OH is 1. The fourth-order valence-corrected chi connectivity index (χ4v) is 3.02. The molecule has 1 heterocycles. The molecule has 1 aromatic heterocycles. The molecule has 1 aliphatic rings. The summed E-state index contributed by atoms with van der Waals surface area (Å²) in [5, 5.41) is 15.3. The maximum atomic E-state index is 9.33. The molecule has 3 nitrogen and oxygen atoms in total. The zero-order chi connectivity index (χ0) is 13.1. The van der Waals surface area contributed by atoms with E-state index in [0.29, 0.717) is 18.6 Å². The lowest BCUT2D eigenvalue weighted by Crippen LogP contribution is -2.33. The second-order valence-electron chi connectivity index (χ2n) is 5.42. The highest BCUT2D eigenvalue weighted by molar-refractivity contribution is 5.81. The summed E-state index contributed by atoms with van der Waals surface area (Å²) in [6.07, 6.45) is 7.29. The molecule has 1 fully saturated rings. The van der Waals surface area contributed by atoms with Gasteiger partial charge in [0, 0.05) is 37.0 Å². The van der Waals surface area contributed by atoms with Crippen LogP contribution in [0.3, 0.4) is 0 Å². The van der Waals surface area contributed by atoms with E-state index in [-0.39, 0.29) is 0 Å². The van der Waals surface area contributed by atoms with Crippen molar-refractivity contribution in [2.75, 3.05) is 6.61 Å². The van der Waals surface area contributed by atoms with E-state index in [2.05, 4.69) is 28.5 Å². The molecule has 2 N–H and O–H groups in total. The SMILES string of the molecule is OCC1CCCC1NCc1ccc2cnccc2c1. The maximum absolute atomic E-state index is 9.33. The van der Waals surface area contributed by atoms with Crippen LogP contribution < -0.4 is 5.32 Å². The molecule has 2 atom stereocenters. The van der Waals surface area contributed by atoms with Crippen LogP contribution in [0.25, 0.3) is 10.8 Å². The smallest absolute Gasteiger partial charge is 0.0474 e. The fraction of sp³-hybridized carbons (Fsp3) is 0.438. The molecule has 1 aliphatic carbocycles. The first kappa shape index (κ1) is 12.6. The summed E-state index contributed by atoms with van der Waals surface area (Å²) in [5.41, 5.74) is 1.29. The number of aromatic nitrogens is 1. The normalized spacial score (nSPS) is 23.0. The van der Waals surface area contributed by atoms with E-state index in [1.165, 1.54) is 29.2 Å². The Kier molecular flexibility index (Phi) is 3.76. The van der Waals surface area contributed by atoms with Gasteiger partial charge in [-0.25, -0.2) is 0 Å². The molecule has 0 saturated heterocycles. The molecular formula is C16H20N2O. The molecule has 0 radical (unpaired) electrons. The van der Waals surface area contributed by atoms with Gasteiger partial charge in [-0.2, -0.15) is 0 Å². The topological polar surface area (TPSA) is 45.1 Å². The van der Waals surface area contributed by atoms with Crippen LogP contribution in [-0.2, 0) is 6.54 Å². The van der Waals surface area contributed by atoms with E-state index in [4.69, 9.17) is 0 Å². The first-order valence-electron chi connectivity index (χ1n) is 7.04. The van der Waals surface area contributed by atoms with E-state index >= 15 is 0 Å². The van der Waals surface area contributed by atoms with Crippen molar-refractivity contribution in [3.8, 4) is 0 Å². The lowest BCUT2D eigenvalue weighted by Gasteiger charge is -2.19. The second kappa shape index (κ2) is 5.68. The van der Waals surface area contributed by atoms with Gasteiger partial charge in [-0.3, -0.25) is 4.98 Å². The van der Waals surface area contributed by atoms with Crippen molar-refractivity contribution < 1.29 is 5.11 Å². The Balaban J connectivity index is 1.68. The Morgan fingerprint density at radius 3 is 3.05 bits per heavy atom. The van der Waals surface area contributed by atoms with Crippen LogP contribution in [0.4, 0.5) is 0 Å². The van der Waals surface area contributed by atoms with Gasteiger partial charge in [0.2, 0.25) is 0 Å². The number of hydrogen-bond donors (Lipinski definition) is 2. The number of pyridine rings is 1. The average molecular weight is 256 g/mol. The van der Waals surface area contributed by atoms with Crippen LogP contribution in [0, 0.1) is 5.92 Å². The van der Waals surface area contributed by atoms with Crippen molar-refractivity contribution in [2.24, 2.45) is 5.92 Å². The molecule has 0 spiro atoms.